The van der Waals surface area contributed by atoms with Gasteiger partial charge in [-0.3, -0.25) is 14.7 Å². The van der Waals surface area contributed by atoms with Crippen molar-refractivity contribution in [2.75, 3.05) is 26.7 Å². The van der Waals surface area contributed by atoms with Gasteiger partial charge >= 0.3 is 0 Å². The third-order valence-electron chi connectivity index (χ3n) is 5.36. The van der Waals surface area contributed by atoms with Crippen molar-refractivity contribution >= 4 is 5.91 Å². The van der Waals surface area contributed by atoms with Gasteiger partial charge in [0.15, 0.2) is 0 Å². The molecule has 1 saturated carbocycles. The van der Waals surface area contributed by atoms with E-state index in [9.17, 15) is 4.79 Å². The maximum atomic E-state index is 12.1. The monoisotopic (exact) mass is 331 g/mol. The standard InChI is InChI=1S/C19H29N3O2/c1-22-11-9-16(19(22)15-6-5-10-20-12-15)13-21-18(23)14-24-17-7-3-2-4-8-17/h5-6,10,12,16-17,19H,2-4,7-9,11,13-14H2,1H3,(H,21,23)/t16-,19-/m0/s1. The molecule has 2 aliphatic rings. The molecule has 24 heavy (non-hydrogen) atoms. The van der Waals surface area contributed by atoms with Crippen LogP contribution in [0.15, 0.2) is 24.5 Å². The summed E-state index contributed by atoms with van der Waals surface area (Å²) in [6.45, 7) is 1.96. The molecule has 0 bridgehead atoms. The zero-order chi connectivity index (χ0) is 16.8. The van der Waals surface area contributed by atoms with Gasteiger partial charge in [-0.25, -0.2) is 0 Å². The summed E-state index contributed by atoms with van der Waals surface area (Å²) in [5.74, 6) is 0.442. The molecule has 0 radical (unpaired) electrons. The fourth-order valence-electron chi connectivity index (χ4n) is 4.04. The second-order valence-electron chi connectivity index (χ2n) is 7.14. The van der Waals surface area contributed by atoms with Crippen molar-refractivity contribution in [1.82, 2.24) is 15.2 Å². The van der Waals surface area contributed by atoms with Crippen molar-refractivity contribution in [3.63, 3.8) is 0 Å². The molecule has 3 rings (SSSR count). The molecule has 1 amide bonds. The predicted molar refractivity (Wildman–Crippen MR) is 93.5 cm³/mol. The van der Waals surface area contributed by atoms with Gasteiger partial charge in [-0.2, -0.15) is 0 Å². The van der Waals surface area contributed by atoms with Crippen LogP contribution < -0.4 is 5.32 Å². The van der Waals surface area contributed by atoms with Gasteiger partial charge < -0.3 is 10.1 Å². The molecule has 1 aliphatic carbocycles. The number of ether oxygens (including phenoxy) is 1. The lowest BCUT2D eigenvalue weighted by Gasteiger charge is -2.26. The third-order valence-corrected chi connectivity index (χ3v) is 5.36. The van der Waals surface area contributed by atoms with E-state index < -0.39 is 0 Å². The Kier molecular flexibility index (Phi) is 6.21. The van der Waals surface area contributed by atoms with Crippen LogP contribution in [0.2, 0.25) is 0 Å². The van der Waals surface area contributed by atoms with Gasteiger partial charge in [-0.1, -0.05) is 25.3 Å². The second kappa shape index (κ2) is 8.58. The summed E-state index contributed by atoms with van der Waals surface area (Å²) in [5, 5.41) is 3.07. The number of hydrogen-bond acceptors (Lipinski definition) is 4. The van der Waals surface area contributed by atoms with Crippen LogP contribution in [0, 0.1) is 5.92 Å². The van der Waals surface area contributed by atoms with Crippen LogP contribution in [0.25, 0.3) is 0 Å². The SMILES string of the molecule is CN1CC[C@@H](CNC(=O)COC2CCCCC2)[C@@H]1c1cccnc1. The third kappa shape index (κ3) is 4.54. The molecule has 2 atom stereocenters. The smallest absolute Gasteiger partial charge is 0.246 e. The Hall–Kier alpha value is -1.46. The van der Waals surface area contributed by atoms with Gasteiger partial charge in [0, 0.05) is 25.0 Å². The van der Waals surface area contributed by atoms with Crippen LogP contribution >= 0.6 is 0 Å². The van der Waals surface area contributed by atoms with Gasteiger partial charge in [0.1, 0.15) is 6.61 Å². The number of hydrogen-bond donors (Lipinski definition) is 1. The molecular weight excluding hydrogens is 302 g/mol. The van der Waals surface area contributed by atoms with Gasteiger partial charge in [-0.15, -0.1) is 0 Å². The average molecular weight is 331 g/mol. The number of carbonyl (C=O) groups excluding carboxylic acids is 1. The van der Waals surface area contributed by atoms with Crippen LogP contribution in [0.5, 0.6) is 0 Å². The minimum absolute atomic E-state index is 0.0139. The van der Waals surface area contributed by atoms with E-state index in [-0.39, 0.29) is 18.6 Å². The zero-order valence-electron chi connectivity index (χ0n) is 14.6. The molecule has 0 unspecified atom stereocenters. The quantitative estimate of drug-likeness (QED) is 0.870. The van der Waals surface area contributed by atoms with E-state index in [0.29, 0.717) is 18.5 Å². The highest BCUT2D eigenvalue weighted by molar-refractivity contribution is 5.77. The van der Waals surface area contributed by atoms with Crippen LogP contribution in [0.3, 0.4) is 0 Å². The predicted octanol–water partition coefficient (Wildman–Crippen LogP) is 2.54. The van der Waals surface area contributed by atoms with Crippen molar-refractivity contribution in [1.29, 1.82) is 0 Å². The number of aromatic nitrogens is 1. The maximum absolute atomic E-state index is 12.1. The highest BCUT2D eigenvalue weighted by Crippen LogP contribution is 2.35. The van der Waals surface area contributed by atoms with Crippen molar-refractivity contribution < 1.29 is 9.53 Å². The van der Waals surface area contributed by atoms with Crippen molar-refractivity contribution in [3.8, 4) is 0 Å². The number of amides is 1. The zero-order valence-corrected chi connectivity index (χ0v) is 14.6. The number of nitrogens with zero attached hydrogens (tertiary/aromatic N) is 2. The van der Waals surface area contributed by atoms with E-state index in [4.69, 9.17) is 4.74 Å². The van der Waals surface area contributed by atoms with Crippen molar-refractivity contribution in [3.05, 3.63) is 30.1 Å². The lowest BCUT2D eigenvalue weighted by molar-refractivity contribution is -0.128. The number of rotatable bonds is 6. The minimum atomic E-state index is 0.0139. The minimum Gasteiger partial charge on any atom is -0.368 e. The van der Waals surface area contributed by atoms with E-state index in [2.05, 4.69) is 28.3 Å². The van der Waals surface area contributed by atoms with E-state index in [1.807, 2.05) is 12.3 Å². The Labute approximate surface area is 144 Å². The molecule has 0 spiro atoms. The first-order valence-corrected chi connectivity index (χ1v) is 9.22. The van der Waals surface area contributed by atoms with Crippen LogP contribution in [0.1, 0.15) is 50.1 Å². The van der Waals surface area contributed by atoms with E-state index in [1.165, 1.54) is 24.8 Å². The van der Waals surface area contributed by atoms with Gasteiger partial charge in [0.05, 0.1) is 6.10 Å². The molecule has 0 aromatic carbocycles. The van der Waals surface area contributed by atoms with Crippen molar-refractivity contribution in [2.24, 2.45) is 5.92 Å². The van der Waals surface area contributed by atoms with Gasteiger partial charge in [-0.05, 0) is 50.4 Å². The normalized spacial score (nSPS) is 25.7. The summed E-state index contributed by atoms with van der Waals surface area (Å²) in [5.41, 5.74) is 1.23. The van der Waals surface area contributed by atoms with Crippen LogP contribution in [-0.4, -0.2) is 48.6 Å². The Morgan fingerprint density at radius 1 is 1.33 bits per heavy atom. The lowest BCUT2D eigenvalue weighted by atomic mass is 9.95. The molecule has 1 saturated heterocycles. The topological polar surface area (TPSA) is 54.5 Å². The highest BCUT2D eigenvalue weighted by Gasteiger charge is 2.33. The highest BCUT2D eigenvalue weighted by atomic mass is 16.5. The van der Waals surface area contributed by atoms with E-state index in [1.54, 1.807) is 6.20 Å². The molecule has 5 nitrogen and oxygen atoms in total. The summed E-state index contributed by atoms with van der Waals surface area (Å²) in [6, 6.07) is 4.44. The Balaban J connectivity index is 1.45. The molecule has 5 heteroatoms. The molecule has 2 heterocycles. The summed E-state index contributed by atoms with van der Waals surface area (Å²) >= 11 is 0. The molecule has 132 valence electrons. The fourth-order valence-corrected chi connectivity index (χ4v) is 4.04. The van der Waals surface area contributed by atoms with Gasteiger partial charge in [0.25, 0.3) is 0 Å². The molecule has 1 aliphatic heterocycles. The summed E-state index contributed by atoms with van der Waals surface area (Å²) in [7, 11) is 2.14. The number of likely N-dealkylation sites (tertiary alicyclic amines) is 1. The number of nitrogens with one attached hydrogen (secondary N) is 1. The van der Waals surface area contributed by atoms with E-state index in [0.717, 1.165) is 25.8 Å². The maximum Gasteiger partial charge on any atom is 0.246 e. The van der Waals surface area contributed by atoms with E-state index >= 15 is 0 Å². The van der Waals surface area contributed by atoms with Gasteiger partial charge in [0.2, 0.25) is 5.91 Å². The first-order chi connectivity index (χ1) is 11.7. The van der Waals surface area contributed by atoms with Crippen LogP contribution in [-0.2, 0) is 9.53 Å². The molecular formula is C19H29N3O2. The fraction of sp³-hybridized carbons (Fsp3) is 0.684. The first-order valence-electron chi connectivity index (χ1n) is 9.22. The Morgan fingerprint density at radius 2 is 2.17 bits per heavy atom. The van der Waals surface area contributed by atoms with Crippen molar-refractivity contribution in [2.45, 2.75) is 50.7 Å². The largest absolute Gasteiger partial charge is 0.368 e. The summed E-state index contributed by atoms with van der Waals surface area (Å²) < 4.78 is 5.76. The average Bonchev–Trinajstić information content (AvgIpc) is 3.00. The lowest BCUT2D eigenvalue weighted by Crippen LogP contribution is -2.35. The number of pyridine rings is 1. The molecule has 1 aromatic heterocycles. The summed E-state index contributed by atoms with van der Waals surface area (Å²) in [4.78, 5) is 18.7. The molecule has 1 N–H and O–H groups in total. The molecule has 1 aromatic rings. The molecule has 2 fully saturated rings. The number of carbonyl (C=O) groups is 1. The first kappa shape index (κ1) is 17.4. The Morgan fingerprint density at radius 3 is 2.92 bits per heavy atom. The van der Waals surface area contributed by atoms with Crippen LogP contribution in [0.4, 0.5) is 0 Å². The Bertz CT molecular complexity index is 517. The second-order valence-corrected chi connectivity index (χ2v) is 7.14. The summed E-state index contributed by atoms with van der Waals surface area (Å²) in [6.07, 6.45) is 11.1.